The number of methoxy groups -OCH3 is 2. The summed E-state index contributed by atoms with van der Waals surface area (Å²) in [6.07, 6.45) is 1.69. The number of aryl methyl sites for hydroxylation is 1. The fourth-order valence-corrected chi connectivity index (χ4v) is 8.07. The van der Waals surface area contributed by atoms with Crippen molar-refractivity contribution < 1.29 is 27.4 Å². The van der Waals surface area contributed by atoms with E-state index in [1.807, 2.05) is 50.2 Å². The van der Waals surface area contributed by atoms with Crippen molar-refractivity contribution in [2.24, 2.45) is 5.73 Å². The van der Waals surface area contributed by atoms with Gasteiger partial charge in [0, 0.05) is 44.8 Å². The third-order valence-corrected chi connectivity index (χ3v) is 10.7. The molecule has 0 spiro atoms. The molecule has 1 fully saturated rings. The zero-order valence-corrected chi connectivity index (χ0v) is 27.7. The first-order valence-electron chi connectivity index (χ1n) is 15.8. The fraction of sp³-hybridized carbons (Fsp3) is 0.486. The second kappa shape index (κ2) is 15.0. The maximum Gasteiger partial charge on any atom is 0.243 e. The predicted molar refractivity (Wildman–Crippen MR) is 177 cm³/mol. The molecule has 3 aromatic carbocycles. The number of benzene rings is 3. The molecular weight excluding hydrogens is 590 g/mol. The van der Waals surface area contributed by atoms with Crippen molar-refractivity contribution in [1.29, 1.82) is 0 Å². The molecule has 0 saturated carbocycles. The van der Waals surface area contributed by atoms with Crippen molar-refractivity contribution in [2.75, 3.05) is 52.0 Å². The van der Waals surface area contributed by atoms with E-state index in [-0.39, 0.29) is 35.5 Å². The van der Waals surface area contributed by atoms with Gasteiger partial charge in [0.1, 0.15) is 18.1 Å². The van der Waals surface area contributed by atoms with Crippen molar-refractivity contribution in [3.63, 3.8) is 0 Å². The van der Waals surface area contributed by atoms with Crippen LogP contribution in [0.2, 0.25) is 0 Å². The zero-order chi connectivity index (χ0) is 32.0. The Morgan fingerprint density at radius 1 is 1.04 bits per heavy atom. The summed E-state index contributed by atoms with van der Waals surface area (Å²) < 4.78 is 53.2. The minimum absolute atomic E-state index is 0.0318. The summed E-state index contributed by atoms with van der Waals surface area (Å²) in [4.78, 5) is 2.61. The van der Waals surface area contributed by atoms with Crippen LogP contribution in [0.1, 0.15) is 48.8 Å². The van der Waals surface area contributed by atoms with Crippen LogP contribution in [0, 0.1) is 6.92 Å². The van der Waals surface area contributed by atoms with Gasteiger partial charge in [-0.1, -0.05) is 35.9 Å². The molecule has 2 aliphatic rings. The number of rotatable bonds is 13. The second-order valence-electron chi connectivity index (χ2n) is 12.2. The Morgan fingerprint density at radius 2 is 1.80 bits per heavy atom. The minimum Gasteiger partial charge on any atom is -0.497 e. The highest BCUT2D eigenvalue weighted by Crippen LogP contribution is 2.39. The lowest BCUT2D eigenvalue weighted by Crippen LogP contribution is -2.53. The molecule has 0 amide bonds. The van der Waals surface area contributed by atoms with Crippen molar-refractivity contribution in [3.8, 4) is 11.5 Å². The Hall–Kier alpha value is -3.15. The van der Waals surface area contributed by atoms with E-state index in [2.05, 4.69) is 23.1 Å². The van der Waals surface area contributed by atoms with Gasteiger partial charge in [-0.2, -0.15) is 4.31 Å². The highest BCUT2D eigenvalue weighted by atomic mass is 32.2. The maximum atomic E-state index is 14.1. The summed E-state index contributed by atoms with van der Waals surface area (Å²) in [5.41, 5.74) is 10.4. The molecule has 244 valence electrons. The molecule has 3 aromatic rings. The Balaban J connectivity index is 1.44. The first-order valence-corrected chi connectivity index (χ1v) is 17.2. The van der Waals surface area contributed by atoms with Gasteiger partial charge in [-0.25, -0.2) is 8.42 Å². The maximum absolute atomic E-state index is 14.1. The number of hydrogen-bond donors (Lipinski definition) is 1. The molecule has 0 aromatic heterocycles. The lowest BCUT2D eigenvalue weighted by molar-refractivity contribution is -0.0213. The van der Waals surface area contributed by atoms with Gasteiger partial charge in [0.15, 0.2) is 0 Å². The largest absolute Gasteiger partial charge is 0.497 e. The third-order valence-electron chi connectivity index (χ3n) is 8.78. The van der Waals surface area contributed by atoms with E-state index in [1.165, 1.54) is 0 Å². The average molecular weight is 638 g/mol. The number of nitrogens with zero attached hydrogens (tertiary/aromatic N) is 2. The average Bonchev–Trinajstić information content (AvgIpc) is 3.04. The Bertz CT molecular complexity index is 1500. The van der Waals surface area contributed by atoms with E-state index < -0.39 is 10.0 Å². The molecule has 1 saturated heterocycles. The number of hydrogen-bond acceptors (Lipinski definition) is 8. The van der Waals surface area contributed by atoms with Crippen LogP contribution in [-0.4, -0.2) is 78.0 Å². The molecule has 45 heavy (non-hydrogen) atoms. The van der Waals surface area contributed by atoms with Crippen LogP contribution < -0.4 is 20.1 Å². The van der Waals surface area contributed by atoms with Gasteiger partial charge in [0.2, 0.25) is 10.0 Å². The molecule has 9 nitrogen and oxygen atoms in total. The minimum atomic E-state index is -3.79. The summed E-state index contributed by atoms with van der Waals surface area (Å²) >= 11 is 0. The smallest absolute Gasteiger partial charge is 0.243 e. The second-order valence-corrected chi connectivity index (χ2v) is 14.1. The number of piperidine rings is 1. The molecular formula is C35H47N3O6S. The fourth-order valence-electron chi connectivity index (χ4n) is 6.41. The summed E-state index contributed by atoms with van der Waals surface area (Å²) in [5.74, 6) is 1.61. The lowest BCUT2D eigenvalue weighted by Gasteiger charge is -2.44. The normalized spacial score (nSPS) is 21.2. The molecule has 0 bridgehead atoms. The molecule has 0 radical (unpaired) electrons. The molecule has 2 heterocycles. The van der Waals surface area contributed by atoms with E-state index in [4.69, 9.17) is 24.7 Å². The summed E-state index contributed by atoms with van der Waals surface area (Å²) in [7, 11) is -0.421. The third kappa shape index (κ3) is 7.99. The Kier molecular flexibility index (Phi) is 11.0. The van der Waals surface area contributed by atoms with E-state index in [0.29, 0.717) is 32.7 Å². The van der Waals surface area contributed by atoms with E-state index in [1.54, 1.807) is 30.7 Å². The van der Waals surface area contributed by atoms with Crippen LogP contribution in [0.25, 0.3) is 0 Å². The van der Waals surface area contributed by atoms with Gasteiger partial charge >= 0.3 is 0 Å². The van der Waals surface area contributed by atoms with Crippen LogP contribution in [0.15, 0.2) is 71.6 Å². The molecule has 0 unspecified atom stereocenters. The zero-order valence-electron chi connectivity index (χ0n) is 26.9. The van der Waals surface area contributed by atoms with Crippen molar-refractivity contribution in [1.82, 2.24) is 4.31 Å². The van der Waals surface area contributed by atoms with Gasteiger partial charge in [-0.15, -0.1) is 0 Å². The van der Waals surface area contributed by atoms with Crippen molar-refractivity contribution in [3.05, 3.63) is 83.4 Å². The molecule has 0 aliphatic carbocycles. The molecule has 5 rings (SSSR count). The number of nitrogens with two attached hydrogens (primary N) is 1. The first kappa shape index (κ1) is 33.2. The van der Waals surface area contributed by atoms with Gasteiger partial charge in [-0.3, -0.25) is 0 Å². The van der Waals surface area contributed by atoms with Crippen LogP contribution in [0.3, 0.4) is 0 Å². The molecule has 2 aliphatic heterocycles. The summed E-state index contributed by atoms with van der Waals surface area (Å²) in [6, 6.07) is 20.8. The SMILES string of the molecule is COCCCN1CCOc2ccc(CO[C@H]3CN(S(=O)(=O)c4ccc(C)cc4)[C@H](C[C@H](C)N)C[C@@H]3c3ccc(OC)cc3)cc21. The highest BCUT2D eigenvalue weighted by Gasteiger charge is 2.43. The molecule has 10 heteroatoms. The molecule has 2 N–H and O–H groups in total. The Labute approximate surface area is 268 Å². The van der Waals surface area contributed by atoms with Gasteiger partial charge in [0.25, 0.3) is 0 Å². The van der Waals surface area contributed by atoms with Crippen LogP contribution in [0.4, 0.5) is 5.69 Å². The lowest BCUT2D eigenvalue weighted by atomic mass is 9.82. The number of sulfonamides is 1. The van der Waals surface area contributed by atoms with Crippen LogP contribution in [-0.2, 0) is 26.1 Å². The van der Waals surface area contributed by atoms with Crippen LogP contribution >= 0.6 is 0 Å². The van der Waals surface area contributed by atoms with Crippen LogP contribution in [0.5, 0.6) is 11.5 Å². The summed E-state index contributed by atoms with van der Waals surface area (Å²) in [6.45, 7) is 7.49. The monoisotopic (exact) mass is 637 g/mol. The summed E-state index contributed by atoms with van der Waals surface area (Å²) in [5, 5.41) is 0. The molecule has 4 atom stereocenters. The number of anilines is 1. The highest BCUT2D eigenvalue weighted by molar-refractivity contribution is 7.89. The number of fused-ring (bicyclic) bond motifs is 1. The van der Waals surface area contributed by atoms with E-state index in [9.17, 15) is 8.42 Å². The predicted octanol–water partition coefficient (Wildman–Crippen LogP) is 5.11. The van der Waals surface area contributed by atoms with E-state index >= 15 is 0 Å². The topological polar surface area (TPSA) is 104 Å². The Morgan fingerprint density at radius 3 is 2.49 bits per heavy atom. The van der Waals surface area contributed by atoms with Gasteiger partial charge in [0.05, 0.1) is 36.9 Å². The van der Waals surface area contributed by atoms with E-state index in [0.717, 1.165) is 53.4 Å². The van der Waals surface area contributed by atoms with Gasteiger partial charge < -0.3 is 29.6 Å². The standard InChI is InChI=1S/C35H47N3O6S/c1-25-6-13-31(14-7-25)45(39,40)38-23-35(32(22-29(38)20-26(2)36)28-9-11-30(42-4)12-10-28)44-24-27-8-15-34-33(21-27)37(17-19-43-34)16-5-18-41-3/h6-15,21,26,29,32,35H,5,16-20,22-24,36H2,1-4H3/t26-,29+,32+,35-/m0/s1. The van der Waals surface area contributed by atoms with Crippen molar-refractivity contribution in [2.45, 2.75) is 68.7 Å². The quantitative estimate of drug-likeness (QED) is 0.258. The number of ether oxygens (including phenoxy) is 4. The van der Waals surface area contributed by atoms with Gasteiger partial charge in [-0.05, 0) is 80.6 Å². The first-order chi connectivity index (χ1) is 21.7. The van der Waals surface area contributed by atoms with Crippen molar-refractivity contribution >= 4 is 15.7 Å².